The van der Waals surface area contributed by atoms with Crippen molar-refractivity contribution in [2.24, 2.45) is 11.8 Å². The van der Waals surface area contributed by atoms with Crippen LogP contribution in [0.5, 0.6) is 5.75 Å². The van der Waals surface area contributed by atoms with Gasteiger partial charge in [0.25, 0.3) is 0 Å². The Morgan fingerprint density at radius 1 is 0.654 bits per heavy atom. The summed E-state index contributed by atoms with van der Waals surface area (Å²) in [7, 11) is 6.79. The molecule has 3 aliphatic heterocycles. The van der Waals surface area contributed by atoms with Crippen LogP contribution < -0.4 is 39.5 Å². The highest BCUT2D eigenvalue weighted by atomic mass is 35.5. The average Bonchev–Trinajstić information content (AvgIpc) is 4.32. The van der Waals surface area contributed by atoms with Crippen LogP contribution in [0.25, 0.3) is 0 Å². The molecule has 3 aliphatic carbocycles. The second-order valence-corrected chi connectivity index (χ2v) is 21.4. The number of ether oxygens (including phenoxy) is 1. The lowest BCUT2D eigenvalue weighted by Crippen LogP contribution is -2.40. The predicted octanol–water partition coefficient (Wildman–Crippen LogP) is 10.1. The highest BCUT2D eigenvalue weighted by molar-refractivity contribution is 6.28. The molecule has 19 nitrogen and oxygen atoms in total. The number of nitrogens with zero attached hydrogens (tertiary/aromatic N) is 12. The first-order valence-corrected chi connectivity index (χ1v) is 28.9. The van der Waals surface area contributed by atoms with Gasteiger partial charge in [-0.25, -0.2) is 19.7 Å². The molecular weight excluding hydrogens is 1090 g/mol. The number of alkyl halides is 1. The van der Waals surface area contributed by atoms with E-state index < -0.39 is 5.97 Å². The fraction of sp³-hybridized carbons (Fsp3) is 0.525. The van der Waals surface area contributed by atoms with E-state index in [2.05, 4.69) is 80.5 Å². The number of anilines is 8. The molecule has 6 aliphatic rings. The van der Waals surface area contributed by atoms with Gasteiger partial charge in [0.2, 0.25) is 34.2 Å². The molecule has 10 rings (SSSR count). The summed E-state index contributed by atoms with van der Waals surface area (Å²) in [5.74, 6) is 19.4. The summed E-state index contributed by atoms with van der Waals surface area (Å²) < 4.78 is 5.37. The monoisotopic (exact) mass is 1160 g/mol. The van der Waals surface area contributed by atoms with Gasteiger partial charge in [-0.2, -0.15) is 15.0 Å². The van der Waals surface area contributed by atoms with Gasteiger partial charge in [0, 0.05) is 78.2 Å². The number of carbonyl (C=O) groups is 4. The van der Waals surface area contributed by atoms with E-state index in [9.17, 15) is 24.3 Å². The van der Waals surface area contributed by atoms with Gasteiger partial charge in [-0.1, -0.05) is 44.4 Å². The van der Waals surface area contributed by atoms with Gasteiger partial charge in [0.15, 0.2) is 17.5 Å². The van der Waals surface area contributed by atoms with Crippen molar-refractivity contribution >= 4 is 105 Å². The van der Waals surface area contributed by atoms with Crippen molar-refractivity contribution in [3.8, 4) is 41.3 Å². The fourth-order valence-electron chi connectivity index (χ4n) is 11.2. The van der Waals surface area contributed by atoms with Crippen LogP contribution >= 0.6 is 34.8 Å². The van der Waals surface area contributed by atoms with Gasteiger partial charge in [0.1, 0.15) is 22.8 Å². The van der Waals surface area contributed by atoms with Crippen LogP contribution in [0.3, 0.4) is 0 Å². The number of methoxy groups -OCH3 is 1. The second kappa shape index (κ2) is 29.6. The number of fused-ring (bicyclic) bond motifs is 3. The van der Waals surface area contributed by atoms with Crippen molar-refractivity contribution in [1.82, 2.24) is 29.9 Å². The number of benzene rings is 1. The Bertz CT molecular complexity index is 3080. The van der Waals surface area contributed by atoms with Gasteiger partial charge in [0.05, 0.1) is 54.7 Å². The lowest BCUT2D eigenvalue weighted by molar-refractivity contribution is -0.122. The zero-order valence-corrected chi connectivity index (χ0v) is 49.5. The van der Waals surface area contributed by atoms with Crippen molar-refractivity contribution in [3.63, 3.8) is 0 Å². The standard InChI is InChI=1S/C25H29N5O4.C17H21ClN4O.C13H17ClN4O.C4H5Cl/c1-4-5-8-17-15-30(18-9-6-7-10-18)22-20(29(2)23(17)31)14-26-25(28-22)27-19-12-11-16(24(32)33)13-21(19)34-3;1-3-4-7-12-11-22(13-8-5-6-9-13)15-14(21(2)16(12)23)10-19-17(18)20-15;1-17-10-8-15-13(14)16-12(10)18(7-6-11(17)19)9-4-2-3-5-9;1-2-3-4-5/h11-14,17-18H,6-10,15H2,1-3H3,(H,32,33)(H,26,27,28);10,12-13H,5-9,11H2,1-2H3;8-9H,2-7H2,1H3;4H2,1H3. The van der Waals surface area contributed by atoms with E-state index in [1.165, 1.54) is 57.8 Å². The minimum Gasteiger partial charge on any atom is -0.495 e. The first kappa shape index (κ1) is 61.5. The molecule has 0 bridgehead atoms. The van der Waals surface area contributed by atoms with Gasteiger partial charge < -0.3 is 44.6 Å². The summed E-state index contributed by atoms with van der Waals surface area (Å²) >= 11 is 17.1. The van der Waals surface area contributed by atoms with Crippen LogP contribution in [-0.4, -0.2) is 131 Å². The maximum Gasteiger partial charge on any atom is 0.335 e. The van der Waals surface area contributed by atoms with Crippen LogP contribution in [-0.2, 0) is 14.4 Å². The minimum absolute atomic E-state index is 0.0136. The lowest BCUT2D eigenvalue weighted by atomic mass is 10.0. The Morgan fingerprint density at radius 2 is 1.10 bits per heavy atom. The van der Waals surface area contributed by atoms with E-state index >= 15 is 0 Å². The Balaban J connectivity index is 0.000000175. The number of aromatic nitrogens is 6. The third kappa shape index (κ3) is 15.3. The molecule has 0 radical (unpaired) electrons. The third-order valence-electron chi connectivity index (χ3n) is 15.5. The molecule has 0 spiro atoms. The largest absolute Gasteiger partial charge is 0.495 e. The summed E-state index contributed by atoms with van der Waals surface area (Å²) in [6.45, 7) is 7.27. The topological polar surface area (TPSA) is 207 Å². The smallest absolute Gasteiger partial charge is 0.335 e. The first-order valence-electron chi connectivity index (χ1n) is 27.6. The average molecular weight is 1170 g/mol. The number of hydrogen-bond donors (Lipinski definition) is 2. The molecule has 2 N–H and O–H groups in total. The third-order valence-corrected chi connectivity index (χ3v) is 16.0. The SMILES string of the molecule is CC#CCC1CN(C2CCCC2)c2nc(Cl)ncc2N(C)C1=O.CC#CCC1CN(C2CCCC2)c2nc(Nc3ccc(C(=O)O)cc3OC)ncc2N(C)C1=O.CC#CCCl.CN1C(=O)CCN(C2CCCC2)c2nc(Cl)ncc21. The van der Waals surface area contributed by atoms with Gasteiger partial charge in [-0.05, 0) is 101 Å². The lowest BCUT2D eigenvalue weighted by Gasteiger charge is -2.31. The summed E-state index contributed by atoms with van der Waals surface area (Å²) in [5.41, 5.74) is 2.84. The molecule has 6 heterocycles. The van der Waals surface area contributed by atoms with Crippen LogP contribution in [0.4, 0.5) is 46.2 Å². The summed E-state index contributed by atoms with van der Waals surface area (Å²) in [5, 5.41) is 12.9. The molecule has 3 amide bonds. The van der Waals surface area contributed by atoms with Crippen molar-refractivity contribution in [2.45, 2.75) is 135 Å². The van der Waals surface area contributed by atoms with Crippen molar-refractivity contribution < 1.29 is 29.0 Å². The van der Waals surface area contributed by atoms with Crippen molar-refractivity contribution in [1.29, 1.82) is 0 Å². The van der Waals surface area contributed by atoms with E-state index in [1.54, 1.807) is 81.3 Å². The molecule has 2 unspecified atom stereocenters. The van der Waals surface area contributed by atoms with E-state index in [0.717, 1.165) is 61.5 Å². The maximum absolute atomic E-state index is 13.2. The van der Waals surface area contributed by atoms with Crippen LogP contribution in [0.1, 0.15) is 127 Å². The molecule has 0 saturated heterocycles. The Morgan fingerprint density at radius 3 is 1.54 bits per heavy atom. The molecule has 430 valence electrons. The number of hydrogen-bond acceptors (Lipinski definition) is 15. The normalized spacial score (nSPS) is 18.9. The maximum atomic E-state index is 13.2. The highest BCUT2D eigenvalue weighted by Crippen LogP contribution is 2.41. The van der Waals surface area contributed by atoms with Crippen LogP contribution in [0, 0.1) is 47.4 Å². The number of nitrogens with one attached hydrogen (secondary N) is 1. The summed E-state index contributed by atoms with van der Waals surface area (Å²) in [4.78, 5) is 87.2. The number of halogens is 3. The number of carboxylic acids is 1. The molecule has 3 aromatic heterocycles. The second-order valence-electron chi connectivity index (χ2n) is 20.5. The zero-order valence-electron chi connectivity index (χ0n) is 47.3. The molecular formula is C59H72Cl3N13O6. The fourth-order valence-corrected chi connectivity index (χ4v) is 11.6. The Hall–Kier alpha value is -7.11. The Kier molecular flexibility index (Phi) is 22.4. The Labute approximate surface area is 490 Å². The molecule has 22 heteroatoms. The van der Waals surface area contributed by atoms with Crippen molar-refractivity contribution in [3.05, 3.63) is 52.9 Å². The minimum atomic E-state index is -1.03. The number of carbonyl (C=O) groups excluding carboxylic acids is 3. The number of carboxylic acid groups (broad SMARTS) is 1. The molecule has 3 fully saturated rings. The van der Waals surface area contributed by atoms with Gasteiger partial charge in [-0.15, -0.1) is 41.2 Å². The predicted molar refractivity (Wildman–Crippen MR) is 320 cm³/mol. The first-order chi connectivity index (χ1) is 39.1. The van der Waals surface area contributed by atoms with Crippen LogP contribution in [0.2, 0.25) is 10.6 Å². The van der Waals surface area contributed by atoms with Crippen LogP contribution in [0.15, 0.2) is 36.8 Å². The van der Waals surface area contributed by atoms with E-state index in [4.69, 9.17) is 44.5 Å². The van der Waals surface area contributed by atoms with Gasteiger partial charge in [-0.3, -0.25) is 14.4 Å². The molecule has 81 heavy (non-hydrogen) atoms. The van der Waals surface area contributed by atoms with E-state index in [1.807, 2.05) is 0 Å². The highest BCUT2D eigenvalue weighted by Gasteiger charge is 2.39. The summed E-state index contributed by atoms with van der Waals surface area (Å²) in [6.07, 6.45) is 20.5. The van der Waals surface area contributed by atoms with E-state index in [-0.39, 0.29) is 45.7 Å². The number of amides is 3. The summed E-state index contributed by atoms with van der Waals surface area (Å²) in [6, 6.07) is 5.77. The number of aromatic carboxylic acids is 1. The van der Waals surface area contributed by atoms with E-state index in [0.29, 0.717) is 91.8 Å². The number of rotatable bonds is 9. The van der Waals surface area contributed by atoms with Crippen molar-refractivity contribution in [2.75, 3.05) is 88.5 Å². The molecule has 1 aromatic carbocycles. The molecule has 4 aromatic rings. The molecule has 2 atom stereocenters. The zero-order chi connectivity index (χ0) is 58.2. The van der Waals surface area contributed by atoms with Gasteiger partial charge >= 0.3 is 5.97 Å². The quantitative estimate of drug-likeness (QED) is 0.0908. The molecule has 3 saturated carbocycles.